The van der Waals surface area contributed by atoms with Crippen LogP contribution in [-0.2, 0) is 18.8 Å². The van der Waals surface area contributed by atoms with E-state index in [1.807, 2.05) is 48.5 Å². The summed E-state index contributed by atoms with van der Waals surface area (Å²) in [5, 5.41) is 12.2. The molecule has 0 aromatic heterocycles. The lowest BCUT2D eigenvalue weighted by Crippen LogP contribution is -2.30. The zero-order valence-corrected chi connectivity index (χ0v) is 17.0. The average Bonchev–Trinajstić information content (AvgIpc) is 3.21. The second kappa shape index (κ2) is 9.01. The minimum absolute atomic E-state index is 0.192. The molecule has 5 heteroatoms. The molecule has 4 rings (SSSR count). The van der Waals surface area contributed by atoms with Crippen molar-refractivity contribution in [3.05, 3.63) is 102 Å². The van der Waals surface area contributed by atoms with Crippen LogP contribution in [0.25, 0.3) is 0 Å². The molecular formula is C24H23O4S. The van der Waals surface area contributed by atoms with Crippen molar-refractivity contribution in [2.75, 3.05) is 20.3 Å². The maximum atomic E-state index is 12.2. The standard InChI is InChI=1S/C24H23O4S/c1-26-21-14-12-20(13-15-21)24(18-8-4-2-5-9-18,19-10-6-3-7-11-19)29-28-23-17-27-16-22(23)25/h2-15,22-23H,16-17H2,1H3/t22-,23+/m0/s1. The van der Waals surface area contributed by atoms with E-state index in [1.54, 1.807) is 7.11 Å². The van der Waals surface area contributed by atoms with Crippen LogP contribution in [0, 0.1) is 0 Å². The summed E-state index contributed by atoms with van der Waals surface area (Å²) >= 11 is 1.32. The first-order valence-corrected chi connectivity index (χ1v) is 10.3. The topological polar surface area (TPSA) is 47.6 Å². The monoisotopic (exact) mass is 407 g/mol. The van der Waals surface area contributed by atoms with Gasteiger partial charge in [0.2, 0.25) is 0 Å². The minimum Gasteiger partial charge on any atom is -0.497 e. The summed E-state index contributed by atoms with van der Waals surface area (Å²) in [5.74, 6) is 0.790. The fourth-order valence-electron chi connectivity index (χ4n) is 3.55. The number of benzene rings is 3. The molecule has 0 unspecified atom stereocenters. The van der Waals surface area contributed by atoms with E-state index >= 15 is 0 Å². The highest BCUT2D eigenvalue weighted by Gasteiger charge is 2.41. The largest absolute Gasteiger partial charge is 0.497 e. The van der Waals surface area contributed by atoms with Crippen LogP contribution >= 0.6 is 12.0 Å². The average molecular weight is 408 g/mol. The number of hydrogen-bond acceptors (Lipinski definition) is 4. The second-order valence-electron chi connectivity index (χ2n) is 6.94. The molecule has 0 spiro atoms. The highest BCUT2D eigenvalue weighted by molar-refractivity contribution is 7.96. The molecule has 1 radical (unpaired) electrons. The highest BCUT2D eigenvalue weighted by Crippen LogP contribution is 2.49. The van der Waals surface area contributed by atoms with E-state index in [0.29, 0.717) is 6.61 Å². The third-order valence-electron chi connectivity index (χ3n) is 5.13. The number of methoxy groups -OCH3 is 1. The smallest absolute Gasteiger partial charge is 0.146 e. The Balaban J connectivity index is 1.84. The lowest BCUT2D eigenvalue weighted by molar-refractivity contribution is 0.0260. The van der Waals surface area contributed by atoms with Gasteiger partial charge in [-0.15, -0.1) is 0 Å². The molecule has 3 aromatic rings. The molecule has 1 aliphatic rings. The molecule has 2 atom stereocenters. The van der Waals surface area contributed by atoms with Crippen LogP contribution in [0.3, 0.4) is 0 Å². The van der Waals surface area contributed by atoms with Gasteiger partial charge in [-0.05, 0) is 28.8 Å². The normalized spacial score (nSPS) is 19.2. The van der Waals surface area contributed by atoms with Crippen molar-refractivity contribution in [1.29, 1.82) is 0 Å². The van der Waals surface area contributed by atoms with E-state index < -0.39 is 17.0 Å². The molecule has 0 aliphatic carbocycles. The molecule has 1 fully saturated rings. The highest BCUT2D eigenvalue weighted by atomic mass is 32.2. The van der Waals surface area contributed by atoms with E-state index in [2.05, 4.69) is 36.4 Å². The van der Waals surface area contributed by atoms with E-state index in [0.717, 1.165) is 22.4 Å². The fraction of sp³-hybridized carbons (Fsp3) is 0.250. The van der Waals surface area contributed by atoms with Crippen LogP contribution < -0.4 is 4.74 Å². The quantitative estimate of drug-likeness (QED) is 0.415. The van der Waals surface area contributed by atoms with E-state index in [9.17, 15) is 5.11 Å². The molecule has 4 nitrogen and oxygen atoms in total. The maximum Gasteiger partial charge on any atom is 0.146 e. The molecule has 29 heavy (non-hydrogen) atoms. The van der Waals surface area contributed by atoms with Gasteiger partial charge >= 0.3 is 0 Å². The molecule has 0 amide bonds. The summed E-state index contributed by atoms with van der Waals surface area (Å²) in [4.78, 5) is 0. The Hall–Kier alpha value is -2.31. The third-order valence-corrected chi connectivity index (χ3v) is 6.43. The summed E-state index contributed by atoms with van der Waals surface area (Å²) in [6.45, 7) is 0.515. The van der Waals surface area contributed by atoms with Gasteiger partial charge in [-0.3, -0.25) is 0 Å². The summed E-state index contributed by atoms with van der Waals surface area (Å²) in [6, 6.07) is 28.4. The Morgan fingerprint density at radius 3 is 1.86 bits per heavy atom. The molecule has 0 N–H and O–H groups in total. The van der Waals surface area contributed by atoms with Gasteiger partial charge in [0, 0.05) is 12.0 Å². The van der Waals surface area contributed by atoms with Crippen LogP contribution in [0.1, 0.15) is 16.7 Å². The van der Waals surface area contributed by atoms with Crippen molar-refractivity contribution in [2.45, 2.75) is 17.0 Å². The Morgan fingerprint density at radius 1 is 0.828 bits per heavy atom. The predicted octanol–water partition coefficient (Wildman–Crippen LogP) is 4.85. The van der Waals surface area contributed by atoms with E-state index in [4.69, 9.17) is 13.7 Å². The van der Waals surface area contributed by atoms with Crippen molar-refractivity contribution in [3.63, 3.8) is 0 Å². The molecule has 0 saturated carbocycles. The van der Waals surface area contributed by atoms with Gasteiger partial charge in [0.05, 0.1) is 20.3 Å². The molecule has 1 aliphatic heterocycles. The van der Waals surface area contributed by atoms with Crippen molar-refractivity contribution in [3.8, 4) is 5.75 Å². The van der Waals surface area contributed by atoms with Gasteiger partial charge in [0.15, 0.2) is 0 Å². The summed E-state index contributed by atoms with van der Waals surface area (Å²) < 4.78 is 16.2. The molecule has 149 valence electrons. The number of ether oxygens (including phenoxy) is 2. The van der Waals surface area contributed by atoms with Crippen LogP contribution in [0.15, 0.2) is 84.9 Å². The fourth-order valence-corrected chi connectivity index (χ4v) is 4.70. The first kappa shape index (κ1) is 20.0. The minimum atomic E-state index is -0.873. The zero-order chi connectivity index (χ0) is 20.1. The van der Waals surface area contributed by atoms with Crippen LogP contribution in [-0.4, -0.2) is 32.5 Å². The first-order valence-electron chi connectivity index (χ1n) is 9.57. The third kappa shape index (κ3) is 4.05. The van der Waals surface area contributed by atoms with E-state index in [1.165, 1.54) is 12.0 Å². The van der Waals surface area contributed by atoms with Crippen molar-refractivity contribution >= 4 is 12.0 Å². The van der Waals surface area contributed by atoms with Gasteiger partial charge < -0.3 is 13.7 Å². The lowest BCUT2D eigenvalue weighted by Gasteiger charge is -2.35. The molecular weight excluding hydrogens is 384 g/mol. The molecule has 0 bridgehead atoms. The van der Waals surface area contributed by atoms with Crippen molar-refractivity contribution in [1.82, 2.24) is 0 Å². The Morgan fingerprint density at radius 2 is 1.38 bits per heavy atom. The van der Waals surface area contributed by atoms with Gasteiger partial charge in [0.25, 0.3) is 0 Å². The molecule has 1 saturated heterocycles. The predicted molar refractivity (Wildman–Crippen MR) is 114 cm³/mol. The van der Waals surface area contributed by atoms with Crippen LogP contribution in [0.5, 0.6) is 5.75 Å². The van der Waals surface area contributed by atoms with Gasteiger partial charge in [-0.2, -0.15) is 0 Å². The molecule has 1 heterocycles. The Labute approximate surface area is 175 Å². The second-order valence-corrected chi connectivity index (χ2v) is 7.91. The van der Waals surface area contributed by atoms with Crippen LogP contribution in [0.4, 0.5) is 0 Å². The van der Waals surface area contributed by atoms with E-state index in [-0.39, 0.29) is 6.61 Å². The summed E-state index contributed by atoms with van der Waals surface area (Å²) in [5.41, 5.74) is 3.19. The van der Waals surface area contributed by atoms with Gasteiger partial charge in [0.1, 0.15) is 22.7 Å². The lowest BCUT2D eigenvalue weighted by atomic mass is 9.84. The Kier molecular flexibility index (Phi) is 6.21. The summed E-state index contributed by atoms with van der Waals surface area (Å²) in [6.07, 6.45) is -1.35. The van der Waals surface area contributed by atoms with Crippen molar-refractivity contribution < 1.29 is 18.8 Å². The Bertz CT molecular complexity index is 860. The van der Waals surface area contributed by atoms with Gasteiger partial charge in [-0.25, -0.2) is 5.11 Å². The van der Waals surface area contributed by atoms with Crippen molar-refractivity contribution in [2.24, 2.45) is 0 Å². The van der Waals surface area contributed by atoms with Gasteiger partial charge in [-0.1, -0.05) is 72.8 Å². The molecule has 3 aromatic carbocycles. The number of hydrogen-bond donors (Lipinski definition) is 0. The first-order chi connectivity index (χ1) is 14.2. The number of rotatable bonds is 7. The zero-order valence-electron chi connectivity index (χ0n) is 16.2. The maximum absolute atomic E-state index is 12.2. The van der Waals surface area contributed by atoms with Crippen LogP contribution in [0.2, 0.25) is 0 Å². The SMILES string of the molecule is COc1ccc(C(SO[C@@H]2COC[C@@H]2[O])(c2ccccc2)c2ccccc2)cc1. The summed E-state index contributed by atoms with van der Waals surface area (Å²) in [7, 11) is 1.66.